The molecule has 0 aliphatic rings. The molecule has 9 aromatic carbocycles. The lowest BCUT2D eigenvalue weighted by molar-refractivity contribution is 1.10. The number of aromatic nitrogens is 8. The van der Waals surface area contributed by atoms with Crippen molar-refractivity contribution in [3.63, 3.8) is 0 Å². The first kappa shape index (κ1) is 43.4. The molecule has 0 spiro atoms. The van der Waals surface area contributed by atoms with Crippen LogP contribution in [0, 0.1) is 11.3 Å². The van der Waals surface area contributed by atoms with Crippen LogP contribution in [-0.4, -0.2) is 37.0 Å². The van der Waals surface area contributed by atoms with E-state index < -0.39 is 0 Å². The summed E-state index contributed by atoms with van der Waals surface area (Å²) in [5.74, 6) is 1.73. The Balaban J connectivity index is 0.000000529. The lowest BCUT2D eigenvalue weighted by Crippen LogP contribution is -2.04. The van der Waals surface area contributed by atoms with E-state index in [1.54, 1.807) is 6.08 Å². The van der Waals surface area contributed by atoms with Crippen molar-refractivity contribution in [2.24, 2.45) is 0 Å². The van der Waals surface area contributed by atoms with E-state index >= 15 is 0 Å². The van der Waals surface area contributed by atoms with Gasteiger partial charge in [0, 0.05) is 32.9 Å². The van der Waals surface area contributed by atoms with Crippen molar-refractivity contribution in [1.29, 1.82) is 5.26 Å². The molecule has 0 unspecified atom stereocenters. The van der Waals surface area contributed by atoms with E-state index in [2.05, 4.69) is 241 Å². The van der Waals surface area contributed by atoms with Gasteiger partial charge in [-0.15, -0.1) is 6.58 Å². The van der Waals surface area contributed by atoms with Gasteiger partial charge in [0.2, 0.25) is 11.6 Å². The average Bonchev–Trinajstić information content (AvgIpc) is 4.30. The van der Waals surface area contributed by atoms with Crippen molar-refractivity contribution in [2.45, 2.75) is 6.42 Å². The second kappa shape index (κ2) is 17.1. The van der Waals surface area contributed by atoms with Gasteiger partial charge in [-0.25, -0.2) is 9.97 Å². The van der Waals surface area contributed by atoms with Crippen LogP contribution in [0.2, 0.25) is 0 Å². The number of hydrogen-bond donors (Lipinski definition) is 0. The SMILES string of the molecule is C=C/C=C\C(=C)CC=C.N#Cc1c(-n2c3ccccc3c3cc(-n4c5ccccc5n5c6ccccc6nc45)ccc32)cccc1-n1c2ccccc2c2cc(-n3c4ccccc4n4c5ccccc5nc34)ccc21. The second-order valence-corrected chi connectivity index (χ2v) is 18.8. The van der Waals surface area contributed by atoms with Gasteiger partial charge in [0.15, 0.2) is 0 Å². The van der Waals surface area contributed by atoms with Crippen molar-refractivity contribution < 1.29 is 0 Å². The number of rotatable bonds is 8. The third-order valence-corrected chi connectivity index (χ3v) is 14.5. The number of nitriles is 1. The van der Waals surface area contributed by atoms with Crippen LogP contribution >= 0.6 is 0 Å². The number of allylic oxidation sites excluding steroid dienone is 5. The summed E-state index contributed by atoms with van der Waals surface area (Å²) in [6.45, 7) is 10.9. The molecule has 0 bridgehead atoms. The third kappa shape index (κ3) is 6.50. The molecule has 0 fully saturated rings. The Morgan fingerprint density at radius 2 is 0.853 bits per heavy atom. The maximum atomic E-state index is 11.3. The van der Waals surface area contributed by atoms with Gasteiger partial charge in [0.1, 0.15) is 11.6 Å². The Hall–Kier alpha value is -10.4. The molecule has 6 aromatic heterocycles. The summed E-state index contributed by atoms with van der Waals surface area (Å²) in [7, 11) is 0. The van der Waals surface area contributed by atoms with Crippen LogP contribution in [0.3, 0.4) is 0 Å². The van der Waals surface area contributed by atoms with E-state index in [1.165, 1.54) is 0 Å². The van der Waals surface area contributed by atoms with Crippen LogP contribution in [0.4, 0.5) is 0 Å². The molecule has 0 aliphatic heterocycles. The molecule has 0 aliphatic carbocycles. The zero-order chi connectivity index (χ0) is 50.3. The molecule has 6 heterocycles. The summed E-state index contributed by atoms with van der Waals surface area (Å²) in [6, 6.07) is 72.8. The number of benzene rings is 9. The summed E-state index contributed by atoms with van der Waals surface area (Å²) in [6.07, 6.45) is 8.20. The highest BCUT2D eigenvalue weighted by atomic mass is 15.2. The molecule has 0 N–H and O–H groups in total. The maximum absolute atomic E-state index is 11.3. The first-order valence-corrected chi connectivity index (χ1v) is 25.0. The van der Waals surface area contributed by atoms with E-state index in [0.717, 1.165) is 134 Å². The monoisotopic (exact) mass is 963 g/mol. The highest BCUT2D eigenvalue weighted by Gasteiger charge is 2.24. The van der Waals surface area contributed by atoms with Gasteiger partial charge < -0.3 is 9.13 Å². The van der Waals surface area contributed by atoms with Gasteiger partial charge in [-0.1, -0.05) is 134 Å². The molecule has 354 valence electrons. The van der Waals surface area contributed by atoms with Crippen LogP contribution in [0.25, 0.3) is 122 Å². The summed E-state index contributed by atoms with van der Waals surface area (Å²) >= 11 is 0. The van der Waals surface area contributed by atoms with Crippen LogP contribution in [0.5, 0.6) is 0 Å². The minimum Gasteiger partial charge on any atom is -0.308 e. The molecule has 15 rings (SSSR count). The highest BCUT2D eigenvalue weighted by Crippen LogP contribution is 2.40. The topological polar surface area (TPSA) is 78.1 Å². The molecule has 0 saturated heterocycles. The highest BCUT2D eigenvalue weighted by molar-refractivity contribution is 6.12. The lowest BCUT2D eigenvalue weighted by Gasteiger charge is -2.16. The fraction of sp³-hybridized carbons (Fsp3) is 0.0152. The van der Waals surface area contributed by atoms with Crippen LogP contribution < -0.4 is 0 Å². The van der Waals surface area contributed by atoms with Gasteiger partial charge in [-0.2, -0.15) is 5.26 Å². The molecule has 9 nitrogen and oxygen atoms in total. The minimum atomic E-state index is 0.584. The number of imidazole rings is 4. The number of fused-ring (bicyclic) bond motifs is 16. The number of hydrogen-bond acceptors (Lipinski definition) is 3. The summed E-state index contributed by atoms with van der Waals surface area (Å²) < 4.78 is 13.5. The van der Waals surface area contributed by atoms with Crippen molar-refractivity contribution in [3.8, 4) is 28.8 Å². The third-order valence-electron chi connectivity index (χ3n) is 14.5. The molecular weight excluding hydrogens is 919 g/mol. The lowest BCUT2D eigenvalue weighted by atomic mass is 10.1. The molecule has 15 aromatic rings. The fourth-order valence-corrected chi connectivity index (χ4v) is 11.4. The van der Waals surface area contributed by atoms with E-state index in [9.17, 15) is 5.26 Å². The molecule has 0 amide bonds. The van der Waals surface area contributed by atoms with Gasteiger partial charge in [-0.05, 0) is 116 Å². The first-order valence-electron chi connectivity index (χ1n) is 25.0. The number of para-hydroxylation sites is 10. The Labute approximate surface area is 430 Å². The van der Waals surface area contributed by atoms with Gasteiger partial charge in [0.25, 0.3) is 0 Å². The fourth-order valence-electron chi connectivity index (χ4n) is 11.4. The molecule has 9 heteroatoms. The molecule has 0 radical (unpaired) electrons. The normalized spacial score (nSPS) is 11.9. The standard InChI is InChI=1S/C57H33N9.C9H12/c58-34-41-46(63-44-18-5-1-14-37(44)39-32-35(28-30-48(39)63)61-52-22-9-11-24-54(52)65-50-20-7-3-16-42(50)59-56(61)65)26-13-27-47(41)64-45-19-6-2-15-38(45)40-33-36(29-31-49(40)64)62-53-23-10-12-25-55(53)66-51-21-8-4-17-43(51)60-57(62)66;1-4-6-8-9(3)7-5-2/h1-33H;4-6,8H,1-3,7H2/b;8-6-. The Kier molecular flexibility index (Phi) is 9.90. The molecule has 75 heavy (non-hydrogen) atoms. The number of nitrogens with zero attached hydrogens (tertiary/aromatic N) is 9. The van der Waals surface area contributed by atoms with Crippen LogP contribution in [0.1, 0.15) is 12.0 Å². The van der Waals surface area contributed by atoms with Crippen molar-refractivity contribution in [1.82, 2.24) is 37.0 Å². The van der Waals surface area contributed by atoms with Crippen molar-refractivity contribution >= 4 is 99.3 Å². The second-order valence-electron chi connectivity index (χ2n) is 18.8. The predicted octanol–water partition coefficient (Wildman–Crippen LogP) is 16.1. The summed E-state index contributed by atoms with van der Waals surface area (Å²) in [4.78, 5) is 10.3. The smallest absolute Gasteiger partial charge is 0.220 e. The van der Waals surface area contributed by atoms with Gasteiger partial charge in [-0.3, -0.25) is 17.9 Å². The van der Waals surface area contributed by atoms with Crippen molar-refractivity contribution in [3.05, 3.63) is 255 Å². The Morgan fingerprint density at radius 1 is 0.440 bits per heavy atom. The Morgan fingerprint density at radius 3 is 1.31 bits per heavy atom. The quantitative estimate of drug-likeness (QED) is 0.112. The van der Waals surface area contributed by atoms with Crippen molar-refractivity contribution in [2.75, 3.05) is 0 Å². The van der Waals surface area contributed by atoms with Crippen LogP contribution in [-0.2, 0) is 0 Å². The zero-order valence-electron chi connectivity index (χ0n) is 40.7. The average molecular weight is 964 g/mol. The van der Waals surface area contributed by atoms with Gasteiger partial charge >= 0.3 is 0 Å². The maximum Gasteiger partial charge on any atom is 0.220 e. The van der Waals surface area contributed by atoms with Crippen LogP contribution in [0.15, 0.2) is 250 Å². The van der Waals surface area contributed by atoms with E-state index in [1.807, 2.05) is 30.4 Å². The summed E-state index contributed by atoms with van der Waals surface area (Å²) in [5.41, 5.74) is 17.8. The molecule has 0 saturated carbocycles. The Bertz CT molecular complexity index is 4670. The zero-order valence-corrected chi connectivity index (χ0v) is 40.7. The molecular formula is C66H45N9. The first-order chi connectivity index (χ1) is 37.0. The molecule has 0 atom stereocenters. The van der Waals surface area contributed by atoms with E-state index in [-0.39, 0.29) is 0 Å². The summed E-state index contributed by atoms with van der Waals surface area (Å²) in [5, 5.41) is 15.7. The van der Waals surface area contributed by atoms with Gasteiger partial charge in [0.05, 0.1) is 77.6 Å². The largest absolute Gasteiger partial charge is 0.308 e. The van der Waals surface area contributed by atoms with E-state index in [0.29, 0.717) is 5.56 Å². The minimum absolute atomic E-state index is 0.584. The predicted molar refractivity (Wildman–Crippen MR) is 309 cm³/mol. The van der Waals surface area contributed by atoms with E-state index in [4.69, 9.17) is 9.97 Å².